The number of benzene rings is 2. The summed E-state index contributed by atoms with van der Waals surface area (Å²) in [4.78, 5) is 12.0. The van der Waals surface area contributed by atoms with Crippen LogP contribution >= 0.6 is 0 Å². The number of hydrogen-bond acceptors (Lipinski definition) is 6. The van der Waals surface area contributed by atoms with Crippen molar-refractivity contribution in [3.8, 4) is 23.0 Å². The van der Waals surface area contributed by atoms with Crippen molar-refractivity contribution in [3.05, 3.63) is 47.5 Å². The lowest BCUT2D eigenvalue weighted by molar-refractivity contribution is -0.123. The molecule has 0 aromatic heterocycles. The van der Waals surface area contributed by atoms with Gasteiger partial charge in [-0.05, 0) is 35.7 Å². The summed E-state index contributed by atoms with van der Waals surface area (Å²) in [7, 11) is 4.60. The summed E-state index contributed by atoms with van der Waals surface area (Å²) in [6.07, 6.45) is 1.49. The Balaban J connectivity index is 1.95. The van der Waals surface area contributed by atoms with E-state index in [2.05, 4.69) is 24.4 Å². The van der Waals surface area contributed by atoms with E-state index < -0.39 is 0 Å². The molecular weight excluding hydrogens is 360 g/mol. The van der Waals surface area contributed by atoms with Gasteiger partial charge in [0, 0.05) is 5.56 Å². The van der Waals surface area contributed by atoms with Gasteiger partial charge in [0.15, 0.2) is 18.1 Å². The Morgan fingerprint density at radius 1 is 1.07 bits per heavy atom. The number of nitrogens with zero attached hydrogens (tertiary/aromatic N) is 1. The molecule has 0 fully saturated rings. The van der Waals surface area contributed by atoms with Crippen molar-refractivity contribution in [2.24, 2.45) is 5.10 Å². The molecule has 1 amide bonds. The standard InChI is InChI=1S/C21H26N2O5/c1-14(2)16-7-6-8-17(11-16)28-13-20(24)23-22-12-15-9-18(25-3)21(27-5)19(10-15)26-4/h6-12,14H,13H2,1-5H3,(H,23,24)/b22-12+. The molecule has 0 aliphatic rings. The van der Waals surface area contributed by atoms with Gasteiger partial charge in [-0.25, -0.2) is 5.43 Å². The number of carbonyl (C=O) groups is 1. The number of hydrogen-bond donors (Lipinski definition) is 1. The lowest BCUT2D eigenvalue weighted by Crippen LogP contribution is -2.24. The summed E-state index contributed by atoms with van der Waals surface area (Å²) >= 11 is 0. The molecule has 7 heteroatoms. The number of rotatable bonds is 9. The Bertz CT molecular complexity index is 808. The fraction of sp³-hybridized carbons (Fsp3) is 0.333. The Kier molecular flexibility index (Phi) is 7.68. The smallest absolute Gasteiger partial charge is 0.277 e. The van der Waals surface area contributed by atoms with Crippen molar-refractivity contribution >= 4 is 12.1 Å². The van der Waals surface area contributed by atoms with Crippen LogP contribution in [0.25, 0.3) is 0 Å². The van der Waals surface area contributed by atoms with Gasteiger partial charge in [0.05, 0.1) is 27.5 Å². The van der Waals surface area contributed by atoms with E-state index in [4.69, 9.17) is 18.9 Å². The number of amides is 1. The molecule has 1 N–H and O–H groups in total. The minimum Gasteiger partial charge on any atom is -0.493 e. The van der Waals surface area contributed by atoms with E-state index in [1.54, 1.807) is 12.1 Å². The normalized spacial score (nSPS) is 10.8. The molecule has 0 heterocycles. The molecule has 0 saturated heterocycles. The molecule has 0 saturated carbocycles. The third kappa shape index (κ3) is 5.64. The summed E-state index contributed by atoms with van der Waals surface area (Å²) < 4.78 is 21.4. The summed E-state index contributed by atoms with van der Waals surface area (Å²) in [6, 6.07) is 11.1. The third-order valence-electron chi connectivity index (χ3n) is 3.98. The second kappa shape index (κ2) is 10.2. The molecular formula is C21H26N2O5. The second-order valence-electron chi connectivity index (χ2n) is 6.27. The first-order valence-corrected chi connectivity index (χ1v) is 8.83. The van der Waals surface area contributed by atoms with Crippen LogP contribution in [0.15, 0.2) is 41.5 Å². The fourth-order valence-corrected chi connectivity index (χ4v) is 2.50. The minimum absolute atomic E-state index is 0.131. The van der Waals surface area contributed by atoms with Crippen LogP contribution < -0.4 is 24.4 Å². The fourth-order valence-electron chi connectivity index (χ4n) is 2.50. The molecule has 0 spiro atoms. The zero-order valence-electron chi connectivity index (χ0n) is 16.8. The molecule has 0 unspecified atom stereocenters. The zero-order chi connectivity index (χ0) is 20.5. The van der Waals surface area contributed by atoms with Crippen molar-refractivity contribution in [2.45, 2.75) is 19.8 Å². The van der Waals surface area contributed by atoms with Gasteiger partial charge in [0.1, 0.15) is 5.75 Å². The predicted octanol–water partition coefficient (Wildman–Crippen LogP) is 3.36. The van der Waals surface area contributed by atoms with Crippen LogP contribution in [0, 0.1) is 0 Å². The highest BCUT2D eigenvalue weighted by molar-refractivity contribution is 5.84. The maximum absolute atomic E-state index is 12.0. The third-order valence-corrected chi connectivity index (χ3v) is 3.98. The molecule has 0 aliphatic heterocycles. The van der Waals surface area contributed by atoms with Gasteiger partial charge >= 0.3 is 0 Å². The molecule has 0 atom stereocenters. The summed E-state index contributed by atoms with van der Waals surface area (Å²) in [5.74, 6) is 2.17. The molecule has 7 nitrogen and oxygen atoms in total. The summed E-state index contributed by atoms with van der Waals surface area (Å²) in [5, 5.41) is 3.95. The number of ether oxygens (including phenoxy) is 4. The van der Waals surface area contributed by atoms with Gasteiger partial charge in [-0.1, -0.05) is 26.0 Å². The highest BCUT2D eigenvalue weighted by atomic mass is 16.5. The van der Waals surface area contributed by atoms with Crippen LogP contribution in [0.4, 0.5) is 0 Å². The Morgan fingerprint density at radius 2 is 1.75 bits per heavy atom. The monoisotopic (exact) mass is 386 g/mol. The van der Waals surface area contributed by atoms with E-state index in [1.807, 2.05) is 24.3 Å². The average Bonchev–Trinajstić information content (AvgIpc) is 2.71. The largest absolute Gasteiger partial charge is 0.493 e. The molecule has 2 rings (SSSR count). The number of hydrazone groups is 1. The van der Waals surface area contributed by atoms with Crippen LogP contribution in [0.5, 0.6) is 23.0 Å². The lowest BCUT2D eigenvalue weighted by Gasteiger charge is -2.12. The van der Waals surface area contributed by atoms with E-state index in [-0.39, 0.29) is 12.5 Å². The van der Waals surface area contributed by atoms with E-state index >= 15 is 0 Å². The highest BCUT2D eigenvalue weighted by Crippen LogP contribution is 2.37. The van der Waals surface area contributed by atoms with Gasteiger partial charge in [0.25, 0.3) is 5.91 Å². The summed E-state index contributed by atoms with van der Waals surface area (Å²) in [5.41, 5.74) is 4.27. The molecule has 2 aromatic rings. The second-order valence-corrected chi connectivity index (χ2v) is 6.27. The average molecular weight is 386 g/mol. The molecule has 0 radical (unpaired) electrons. The first-order chi connectivity index (χ1) is 13.5. The Labute approximate surface area is 165 Å². The maximum atomic E-state index is 12.0. The van der Waals surface area contributed by atoms with Crippen molar-refractivity contribution < 1.29 is 23.7 Å². The zero-order valence-corrected chi connectivity index (χ0v) is 16.8. The Morgan fingerprint density at radius 3 is 2.32 bits per heavy atom. The van der Waals surface area contributed by atoms with Crippen LogP contribution in [-0.2, 0) is 4.79 Å². The number of nitrogens with one attached hydrogen (secondary N) is 1. The van der Waals surface area contributed by atoms with Gasteiger partial charge in [0.2, 0.25) is 5.75 Å². The van der Waals surface area contributed by atoms with Crippen LogP contribution in [0.3, 0.4) is 0 Å². The van der Waals surface area contributed by atoms with Gasteiger partial charge in [-0.15, -0.1) is 0 Å². The number of carbonyl (C=O) groups excluding carboxylic acids is 1. The maximum Gasteiger partial charge on any atom is 0.277 e. The quantitative estimate of drug-likeness (QED) is 0.528. The molecule has 150 valence electrons. The lowest BCUT2D eigenvalue weighted by atomic mass is 10.0. The first-order valence-electron chi connectivity index (χ1n) is 8.83. The Hall–Kier alpha value is -3.22. The van der Waals surface area contributed by atoms with Crippen LogP contribution in [0.1, 0.15) is 30.9 Å². The van der Waals surface area contributed by atoms with E-state index in [0.717, 1.165) is 5.56 Å². The van der Waals surface area contributed by atoms with Crippen molar-refractivity contribution in [1.29, 1.82) is 0 Å². The van der Waals surface area contributed by atoms with E-state index in [1.165, 1.54) is 27.5 Å². The number of methoxy groups -OCH3 is 3. The van der Waals surface area contributed by atoms with E-state index in [0.29, 0.717) is 34.5 Å². The predicted molar refractivity (Wildman–Crippen MR) is 108 cm³/mol. The van der Waals surface area contributed by atoms with Crippen molar-refractivity contribution in [2.75, 3.05) is 27.9 Å². The van der Waals surface area contributed by atoms with Crippen molar-refractivity contribution in [3.63, 3.8) is 0 Å². The molecule has 28 heavy (non-hydrogen) atoms. The van der Waals surface area contributed by atoms with Crippen molar-refractivity contribution in [1.82, 2.24) is 5.43 Å². The topological polar surface area (TPSA) is 78.4 Å². The molecule has 0 bridgehead atoms. The van der Waals surface area contributed by atoms with Crippen LogP contribution in [0.2, 0.25) is 0 Å². The van der Waals surface area contributed by atoms with Crippen LogP contribution in [-0.4, -0.2) is 40.1 Å². The van der Waals surface area contributed by atoms with E-state index in [9.17, 15) is 4.79 Å². The minimum atomic E-state index is -0.362. The highest BCUT2D eigenvalue weighted by Gasteiger charge is 2.12. The molecule has 2 aromatic carbocycles. The van der Waals surface area contributed by atoms with Gasteiger partial charge < -0.3 is 18.9 Å². The SMILES string of the molecule is COc1cc(/C=N/NC(=O)COc2cccc(C(C)C)c2)cc(OC)c1OC. The van der Waals surface area contributed by atoms with Gasteiger partial charge in [-0.3, -0.25) is 4.79 Å². The molecule has 0 aliphatic carbocycles. The summed E-state index contributed by atoms with van der Waals surface area (Å²) in [6.45, 7) is 4.07. The van der Waals surface area contributed by atoms with Gasteiger partial charge in [-0.2, -0.15) is 5.10 Å². The first kappa shape index (κ1) is 21.1.